The van der Waals surface area contributed by atoms with Crippen molar-refractivity contribution in [3.05, 3.63) is 54.1 Å². The summed E-state index contributed by atoms with van der Waals surface area (Å²) in [5.74, 6) is 1.40. The Kier molecular flexibility index (Phi) is 6.38. The van der Waals surface area contributed by atoms with E-state index in [1.54, 1.807) is 6.33 Å². The molecule has 0 aliphatic heterocycles. The third-order valence-electron chi connectivity index (χ3n) is 7.22. The molecular weight excluding hydrogens is 466 g/mol. The van der Waals surface area contributed by atoms with Gasteiger partial charge in [0.25, 0.3) is 0 Å². The Morgan fingerprint density at radius 3 is 2.49 bits per heavy atom. The van der Waals surface area contributed by atoms with Crippen molar-refractivity contribution in [1.29, 1.82) is 0 Å². The Morgan fingerprint density at radius 2 is 1.81 bits per heavy atom. The predicted molar refractivity (Wildman–Crippen MR) is 144 cm³/mol. The van der Waals surface area contributed by atoms with Crippen molar-refractivity contribution < 1.29 is 14.3 Å². The van der Waals surface area contributed by atoms with Crippen LogP contribution in [0.4, 0.5) is 10.6 Å². The van der Waals surface area contributed by atoms with E-state index < -0.39 is 5.60 Å². The Bertz CT molecular complexity index is 1290. The molecule has 2 heterocycles. The fraction of sp³-hybridized carbons (Fsp3) is 0.483. The third kappa shape index (κ3) is 5.15. The van der Waals surface area contributed by atoms with Gasteiger partial charge in [-0.3, -0.25) is 0 Å². The minimum absolute atomic E-state index is 0.0749. The molecule has 0 radical (unpaired) electrons. The van der Waals surface area contributed by atoms with Gasteiger partial charge < -0.3 is 25.1 Å². The number of nitrogen functional groups attached to an aromatic ring is 1. The quantitative estimate of drug-likeness (QED) is 0.483. The molecule has 1 fully saturated rings. The monoisotopic (exact) mass is 503 g/mol. The Morgan fingerprint density at radius 1 is 1.11 bits per heavy atom. The summed E-state index contributed by atoms with van der Waals surface area (Å²) in [6, 6.07) is 8.31. The lowest BCUT2D eigenvalue weighted by Crippen LogP contribution is -2.42. The van der Waals surface area contributed by atoms with Crippen LogP contribution >= 0.6 is 0 Å². The van der Waals surface area contributed by atoms with Gasteiger partial charge in [0.15, 0.2) is 0 Å². The molecule has 8 nitrogen and oxygen atoms in total. The maximum Gasteiger partial charge on any atom is 0.407 e. The highest BCUT2D eigenvalue weighted by atomic mass is 16.6. The molecule has 0 spiro atoms. The van der Waals surface area contributed by atoms with E-state index in [9.17, 15) is 4.79 Å². The molecule has 3 aromatic rings. The van der Waals surface area contributed by atoms with E-state index in [1.165, 1.54) is 5.56 Å². The number of alkyl carbamates (subject to hydrolysis) is 1. The zero-order valence-electron chi connectivity index (χ0n) is 22.4. The molecule has 0 unspecified atom stereocenters. The maximum atomic E-state index is 12.2. The summed E-state index contributed by atoms with van der Waals surface area (Å²) in [6.07, 6.45) is 9.60. The molecule has 0 saturated heterocycles. The number of aromatic nitrogens is 3. The van der Waals surface area contributed by atoms with Gasteiger partial charge in [0, 0.05) is 29.6 Å². The van der Waals surface area contributed by atoms with E-state index in [-0.39, 0.29) is 23.7 Å². The average Bonchev–Trinajstić information content (AvgIpc) is 3.33. The molecule has 8 heteroatoms. The number of amides is 1. The molecular formula is C29H37N5O3. The number of hydrogen-bond acceptors (Lipinski definition) is 6. The first kappa shape index (κ1) is 25.1. The van der Waals surface area contributed by atoms with Gasteiger partial charge in [-0.25, -0.2) is 14.8 Å². The predicted octanol–water partition coefficient (Wildman–Crippen LogP) is 5.56. The Hall–Kier alpha value is -3.55. The summed E-state index contributed by atoms with van der Waals surface area (Å²) in [6.45, 7) is 10.0. The number of ether oxygens (including phenoxy) is 2. The van der Waals surface area contributed by atoms with Crippen molar-refractivity contribution >= 4 is 11.9 Å². The molecule has 0 atom stereocenters. The van der Waals surface area contributed by atoms with Crippen molar-refractivity contribution in [3.63, 3.8) is 0 Å². The van der Waals surface area contributed by atoms with Crippen molar-refractivity contribution in [1.82, 2.24) is 19.9 Å². The number of carbonyl (C=O) groups excluding carboxylic acids is 1. The van der Waals surface area contributed by atoms with Crippen LogP contribution in [0.5, 0.6) is 5.75 Å². The molecule has 37 heavy (non-hydrogen) atoms. The van der Waals surface area contributed by atoms with Gasteiger partial charge in [-0.05, 0) is 88.1 Å². The van der Waals surface area contributed by atoms with Crippen LogP contribution < -0.4 is 15.8 Å². The highest BCUT2D eigenvalue weighted by Crippen LogP contribution is 2.48. The number of hydrogen-bond donors (Lipinski definition) is 2. The number of rotatable bonds is 4. The van der Waals surface area contributed by atoms with Gasteiger partial charge in [0.05, 0.1) is 17.5 Å². The lowest BCUT2D eigenvalue weighted by atomic mass is 9.71. The molecule has 2 aliphatic carbocycles. The maximum absolute atomic E-state index is 12.2. The summed E-state index contributed by atoms with van der Waals surface area (Å²) in [7, 11) is 0. The van der Waals surface area contributed by atoms with Gasteiger partial charge in [-0.15, -0.1) is 0 Å². The summed E-state index contributed by atoms with van der Waals surface area (Å²) in [5, 5.41) is 3.01. The molecule has 196 valence electrons. The number of fused-ring (bicyclic) bond motifs is 3. The molecule has 0 bridgehead atoms. The van der Waals surface area contributed by atoms with Crippen LogP contribution in [-0.2, 0) is 16.6 Å². The van der Waals surface area contributed by atoms with E-state index >= 15 is 0 Å². The van der Waals surface area contributed by atoms with E-state index in [2.05, 4.69) is 58.2 Å². The summed E-state index contributed by atoms with van der Waals surface area (Å²) in [4.78, 5) is 21.1. The van der Waals surface area contributed by atoms with Crippen LogP contribution in [-0.4, -0.2) is 38.4 Å². The van der Waals surface area contributed by atoms with Crippen molar-refractivity contribution in [2.24, 2.45) is 0 Å². The van der Waals surface area contributed by atoms with E-state index in [0.717, 1.165) is 60.4 Å². The first-order valence-electron chi connectivity index (χ1n) is 13.1. The highest BCUT2D eigenvalue weighted by molar-refractivity contribution is 5.80. The first-order valence-corrected chi connectivity index (χ1v) is 13.1. The summed E-state index contributed by atoms with van der Waals surface area (Å²) in [5.41, 5.74) is 10.8. The molecule has 3 N–H and O–H groups in total. The van der Waals surface area contributed by atoms with Crippen LogP contribution in [0.25, 0.3) is 16.9 Å². The fourth-order valence-electron chi connectivity index (χ4n) is 5.66. The van der Waals surface area contributed by atoms with Crippen LogP contribution in [0.15, 0.2) is 43.0 Å². The van der Waals surface area contributed by atoms with E-state index in [4.69, 9.17) is 15.2 Å². The second-order valence-corrected chi connectivity index (χ2v) is 11.8. The Labute approximate surface area is 218 Å². The van der Waals surface area contributed by atoms with Gasteiger partial charge in [-0.1, -0.05) is 13.8 Å². The highest BCUT2D eigenvalue weighted by Gasteiger charge is 2.37. The summed E-state index contributed by atoms with van der Waals surface area (Å²) < 4.78 is 14.2. The van der Waals surface area contributed by atoms with Crippen LogP contribution in [0.1, 0.15) is 71.4 Å². The second kappa shape index (κ2) is 9.39. The van der Waals surface area contributed by atoms with E-state index in [0.29, 0.717) is 5.82 Å². The second-order valence-electron chi connectivity index (χ2n) is 11.8. The lowest BCUT2D eigenvalue weighted by molar-refractivity contribution is 0.0471. The molecule has 1 aromatic carbocycles. The topological polar surface area (TPSA) is 104 Å². The van der Waals surface area contributed by atoms with Crippen LogP contribution in [0, 0.1) is 0 Å². The van der Waals surface area contributed by atoms with Crippen LogP contribution in [0.3, 0.4) is 0 Å². The first-order chi connectivity index (χ1) is 17.5. The van der Waals surface area contributed by atoms with Crippen LogP contribution in [0.2, 0.25) is 0 Å². The van der Waals surface area contributed by atoms with Crippen molar-refractivity contribution in [3.8, 4) is 22.7 Å². The molecule has 2 aromatic heterocycles. The molecule has 1 saturated carbocycles. The molecule has 2 aliphatic rings. The lowest BCUT2D eigenvalue weighted by Gasteiger charge is -2.36. The molecule has 5 rings (SSSR count). The largest absolute Gasteiger partial charge is 0.488 e. The van der Waals surface area contributed by atoms with E-state index in [1.807, 2.05) is 32.9 Å². The third-order valence-corrected chi connectivity index (χ3v) is 7.22. The number of nitrogens with one attached hydrogen (secondary N) is 1. The number of nitrogens with two attached hydrogens (primary N) is 1. The SMILES string of the molecule is CC(C)(C)OC(=O)NC1CCC(Oc2ccc3c(c2-n2cccc2)CC(C)(C)c2c(N)ncnc2-3)CC1. The number of anilines is 1. The normalized spacial score (nSPS) is 20.5. The van der Waals surface area contributed by atoms with Gasteiger partial charge >= 0.3 is 6.09 Å². The van der Waals surface area contributed by atoms with Gasteiger partial charge in [0.2, 0.25) is 0 Å². The standard InChI is InChI=1S/C29H37N5O3/c1-28(2,3)37-27(35)33-18-8-10-19(11-9-18)36-22-13-12-20-21(25(22)34-14-6-7-15-34)16-29(4,5)23-24(20)31-17-32-26(23)30/h6-7,12-15,17-19H,8-11,16H2,1-5H3,(H,33,35)(H2,30,31,32). The Balaban J connectivity index is 1.40. The number of nitrogens with zero attached hydrogens (tertiary/aromatic N) is 3. The minimum Gasteiger partial charge on any atom is -0.488 e. The smallest absolute Gasteiger partial charge is 0.407 e. The van der Waals surface area contributed by atoms with Gasteiger partial charge in [0.1, 0.15) is 23.5 Å². The zero-order valence-corrected chi connectivity index (χ0v) is 22.4. The molecule has 1 amide bonds. The summed E-state index contributed by atoms with van der Waals surface area (Å²) >= 11 is 0. The number of benzene rings is 1. The number of carbonyl (C=O) groups is 1. The minimum atomic E-state index is -0.501. The average molecular weight is 504 g/mol. The fourth-order valence-corrected chi connectivity index (χ4v) is 5.66. The van der Waals surface area contributed by atoms with Crippen molar-refractivity contribution in [2.45, 2.75) is 89.9 Å². The van der Waals surface area contributed by atoms with Crippen molar-refractivity contribution in [2.75, 3.05) is 5.73 Å². The zero-order chi connectivity index (χ0) is 26.4. The van der Waals surface area contributed by atoms with Gasteiger partial charge in [-0.2, -0.15) is 0 Å².